The summed E-state index contributed by atoms with van der Waals surface area (Å²) in [5, 5.41) is 0. The van der Waals surface area contributed by atoms with Gasteiger partial charge in [-0.05, 0) is 34.7 Å². The Kier molecular flexibility index (Phi) is 2.26. The van der Waals surface area contributed by atoms with Gasteiger partial charge in [0.05, 0.1) is 6.17 Å². The standard InChI is InChI=1S/C9H20N2/c1-8-10(5)6-7-11(8)9(2,3)4/h8H,6-7H2,1-5H3. The fourth-order valence-corrected chi connectivity index (χ4v) is 1.77. The van der Waals surface area contributed by atoms with Crippen LogP contribution in [0.1, 0.15) is 27.7 Å². The molecule has 0 amide bonds. The van der Waals surface area contributed by atoms with E-state index in [0.717, 1.165) is 0 Å². The van der Waals surface area contributed by atoms with Crippen LogP contribution in [0.5, 0.6) is 0 Å². The monoisotopic (exact) mass is 156 g/mol. The SMILES string of the molecule is CC1N(C)CCN1C(C)(C)C. The summed E-state index contributed by atoms with van der Waals surface area (Å²) >= 11 is 0. The van der Waals surface area contributed by atoms with Crippen LogP contribution in [0.15, 0.2) is 0 Å². The molecule has 0 aromatic heterocycles. The Morgan fingerprint density at radius 2 is 1.73 bits per heavy atom. The van der Waals surface area contributed by atoms with Crippen molar-refractivity contribution in [1.29, 1.82) is 0 Å². The van der Waals surface area contributed by atoms with Gasteiger partial charge in [0.15, 0.2) is 0 Å². The molecule has 1 fully saturated rings. The molecule has 1 unspecified atom stereocenters. The van der Waals surface area contributed by atoms with Crippen LogP contribution in [0.4, 0.5) is 0 Å². The molecule has 0 aromatic carbocycles. The average molecular weight is 156 g/mol. The Morgan fingerprint density at radius 1 is 1.18 bits per heavy atom. The van der Waals surface area contributed by atoms with E-state index < -0.39 is 0 Å². The van der Waals surface area contributed by atoms with Crippen LogP contribution in [0.25, 0.3) is 0 Å². The summed E-state index contributed by atoms with van der Waals surface area (Å²) in [6, 6.07) is 0. The number of likely N-dealkylation sites (N-methyl/N-ethyl adjacent to an activating group) is 1. The molecule has 0 spiro atoms. The molecule has 0 saturated carbocycles. The predicted molar refractivity (Wildman–Crippen MR) is 48.6 cm³/mol. The normalized spacial score (nSPS) is 29.7. The van der Waals surface area contributed by atoms with Crippen LogP contribution in [0.3, 0.4) is 0 Å². The van der Waals surface area contributed by atoms with Crippen molar-refractivity contribution in [2.45, 2.75) is 39.4 Å². The van der Waals surface area contributed by atoms with Crippen LogP contribution in [-0.2, 0) is 0 Å². The maximum absolute atomic E-state index is 2.53. The van der Waals surface area contributed by atoms with Crippen molar-refractivity contribution in [3.63, 3.8) is 0 Å². The molecule has 1 aliphatic heterocycles. The maximum Gasteiger partial charge on any atom is 0.0596 e. The van der Waals surface area contributed by atoms with Crippen molar-refractivity contribution in [3.05, 3.63) is 0 Å². The van der Waals surface area contributed by atoms with Gasteiger partial charge < -0.3 is 0 Å². The van der Waals surface area contributed by atoms with E-state index in [0.29, 0.717) is 11.7 Å². The molecular weight excluding hydrogens is 136 g/mol. The van der Waals surface area contributed by atoms with Crippen LogP contribution < -0.4 is 0 Å². The zero-order valence-electron chi connectivity index (χ0n) is 8.39. The Bertz CT molecular complexity index is 137. The minimum Gasteiger partial charge on any atom is -0.290 e. The van der Waals surface area contributed by atoms with Gasteiger partial charge in [0.2, 0.25) is 0 Å². The lowest BCUT2D eigenvalue weighted by atomic mass is 10.1. The molecule has 2 heteroatoms. The summed E-state index contributed by atoms with van der Waals surface area (Å²) in [6.07, 6.45) is 0.606. The smallest absolute Gasteiger partial charge is 0.0596 e. The van der Waals surface area contributed by atoms with Crippen molar-refractivity contribution in [2.75, 3.05) is 20.1 Å². The van der Waals surface area contributed by atoms with E-state index in [1.165, 1.54) is 13.1 Å². The third-order valence-corrected chi connectivity index (χ3v) is 2.64. The van der Waals surface area contributed by atoms with E-state index in [1.807, 2.05) is 0 Å². The van der Waals surface area contributed by atoms with Crippen LogP contribution >= 0.6 is 0 Å². The maximum atomic E-state index is 2.53. The summed E-state index contributed by atoms with van der Waals surface area (Å²) in [4.78, 5) is 4.93. The summed E-state index contributed by atoms with van der Waals surface area (Å²) in [6.45, 7) is 11.5. The Morgan fingerprint density at radius 3 is 1.91 bits per heavy atom. The van der Waals surface area contributed by atoms with Crippen LogP contribution in [0.2, 0.25) is 0 Å². The van der Waals surface area contributed by atoms with E-state index in [-0.39, 0.29) is 0 Å². The first-order valence-electron chi connectivity index (χ1n) is 4.40. The third kappa shape index (κ3) is 1.74. The zero-order valence-corrected chi connectivity index (χ0v) is 8.39. The van der Waals surface area contributed by atoms with Crippen molar-refractivity contribution < 1.29 is 0 Å². The molecule has 1 aliphatic rings. The third-order valence-electron chi connectivity index (χ3n) is 2.64. The second kappa shape index (κ2) is 2.76. The first-order valence-corrected chi connectivity index (χ1v) is 4.40. The van der Waals surface area contributed by atoms with Crippen LogP contribution in [0, 0.1) is 0 Å². The molecule has 1 atom stereocenters. The summed E-state index contributed by atoms with van der Waals surface area (Å²) in [5.74, 6) is 0. The van der Waals surface area contributed by atoms with Gasteiger partial charge in [0.25, 0.3) is 0 Å². The van der Waals surface area contributed by atoms with Crippen molar-refractivity contribution in [3.8, 4) is 0 Å². The molecule has 11 heavy (non-hydrogen) atoms. The van der Waals surface area contributed by atoms with E-state index >= 15 is 0 Å². The van der Waals surface area contributed by atoms with Crippen molar-refractivity contribution in [2.24, 2.45) is 0 Å². The van der Waals surface area contributed by atoms with E-state index in [1.54, 1.807) is 0 Å². The molecule has 1 saturated heterocycles. The zero-order chi connectivity index (χ0) is 8.65. The van der Waals surface area contributed by atoms with Crippen LogP contribution in [-0.4, -0.2) is 41.6 Å². The number of nitrogens with zero attached hydrogens (tertiary/aromatic N) is 2. The Balaban J connectivity index is 2.62. The summed E-state index contributed by atoms with van der Waals surface area (Å²) < 4.78 is 0. The lowest BCUT2D eigenvalue weighted by Gasteiger charge is -2.36. The van der Waals surface area contributed by atoms with Gasteiger partial charge in [-0.15, -0.1) is 0 Å². The van der Waals surface area contributed by atoms with Gasteiger partial charge >= 0.3 is 0 Å². The molecule has 0 N–H and O–H groups in total. The van der Waals surface area contributed by atoms with Gasteiger partial charge in [-0.3, -0.25) is 9.80 Å². The molecule has 66 valence electrons. The highest BCUT2D eigenvalue weighted by molar-refractivity contribution is 4.85. The number of hydrogen-bond acceptors (Lipinski definition) is 2. The van der Waals surface area contributed by atoms with E-state index in [2.05, 4.69) is 44.5 Å². The first kappa shape index (κ1) is 9.01. The lowest BCUT2D eigenvalue weighted by Crippen LogP contribution is -2.46. The van der Waals surface area contributed by atoms with Gasteiger partial charge in [-0.25, -0.2) is 0 Å². The lowest BCUT2D eigenvalue weighted by molar-refractivity contribution is 0.0846. The van der Waals surface area contributed by atoms with Gasteiger partial charge in [-0.2, -0.15) is 0 Å². The van der Waals surface area contributed by atoms with Crippen molar-refractivity contribution in [1.82, 2.24) is 9.80 Å². The molecule has 0 aromatic rings. The largest absolute Gasteiger partial charge is 0.290 e. The van der Waals surface area contributed by atoms with Gasteiger partial charge in [0.1, 0.15) is 0 Å². The number of hydrogen-bond donors (Lipinski definition) is 0. The number of rotatable bonds is 0. The topological polar surface area (TPSA) is 6.48 Å². The predicted octanol–water partition coefficient (Wildman–Crippen LogP) is 1.38. The van der Waals surface area contributed by atoms with Gasteiger partial charge in [0, 0.05) is 18.6 Å². The molecule has 1 rings (SSSR count). The molecule has 0 bridgehead atoms. The van der Waals surface area contributed by atoms with Crippen molar-refractivity contribution >= 4 is 0 Å². The summed E-state index contributed by atoms with van der Waals surface area (Å²) in [7, 11) is 2.19. The minimum atomic E-state index is 0.324. The minimum absolute atomic E-state index is 0.324. The summed E-state index contributed by atoms with van der Waals surface area (Å²) in [5.41, 5.74) is 0.324. The average Bonchev–Trinajstić information content (AvgIpc) is 2.11. The Labute approximate surface area is 70.2 Å². The first-order chi connectivity index (χ1) is 4.93. The van der Waals surface area contributed by atoms with E-state index in [9.17, 15) is 0 Å². The fraction of sp³-hybridized carbons (Fsp3) is 1.00. The second-order valence-electron chi connectivity index (χ2n) is 4.48. The quantitative estimate of drug-likeness (QED) is 0.523. The highest BCUT2D eigenvalue weighted by Gasteiger charge is 2.32. The highest BCUT2D eigenvalue weighted by atomic mass is 15.4. The Hall–Kier alpha value is -0.0800. The molecule has 2 nitrogen and oxygen atoms in total. The molecule has 1 heterocycles. The van der Waals surface area contributed by atoms with Gasteiger partial charge in [-0.1, -0.05) is 0 Å². The molecule has 0 aliphatic carbocycles. The fourth-order valence-electron chi connectivity index (χ4n) is 1.77. The molecule has 0 radical (unpaired) electrons. The molecular formula is C9H20N2. The second-order valence-corrected chi connectivity index (χ2v) is 4.48. The van der Waals surface area contributed by atoms with E-state index in [4.69, 9.17) is 0 Å². The highest BCUT2D eigenvalue weighted by Crippen LogP contribution is 2.22.